The normalized spacial score (nSPS) is 13.2. The van der Waals surface area contributed by atoms with E-state index in [1.807, 2.05) is 45.0 Å². The molecular weight excluding hydrogens is 296 g/mol. The van der Waals surface area contributed by atoms with Gasteiger partial charge in [0.25, 0.3) is 0 Å². The molecule has 1 rings (SSSR count). The highest BCUT2D eigenvalue weighted by atomic mass is 79.9. The number of benzene rings is 1. The second kappa shape index (κ2) is 6.34. The van der Waals surface area contributed by atoms with E-state index in [2.05, 4.69) is 15.9 Å². The largest absolute Gasteiger partial charge is 0.460 e. The van der Waals surface area contributed by atoms with Gasteiger partial charge in [0.15, 0.2) is 0 Å². The number of halogens is 1. The van der Waals surface area contributed by atoms with Crippen molar-refractivity contribution in [2.75, 3.05) is 0 Å². The molecule has 0 bridgehead atoms. The molecule has 0 heterocycles. The summed E-state index contributed by atoms with van der Waals surface area (Å²) in [5, 5.41) is 9.94. The summed E-state index contributed by atoms with van der Waals surface area (Å²) in [6, 6.07) is 7.41. The van der Waals surface area contributed by atoms with E-state index < -0.39 is 11.7 Å². The summed E-state index contributed by atoms with van der Waals surface area (Å²) >= 11 is 3.33. The number of esters is 1. The summed E-state index contributed by atoms with van der Waals surface area (Å²) in [4.78, 5) is 11.5. The highest BCUT2D eigenvalue weighted by Gasteiger charge is 2.17. The predicted molar refractivity (Wildman–Crippen MR) is 74.2 cm³/mol. The fourth-order valence-electron chi connectivity index (χ4n) is 1.50. The number of carbonyl (C=O) groups is 1. The van der Waals surface area contributed by atoms with Crippen molar-refractivity contribution in [3.63, 3.8) is 0 Å². The monoisotopic (exact) mass is 314 g/mol. The highest BCUT2D eigenvalue weighted by molar-refractivity contribution is 9.10. The van der Waals surface area contributed by atoms with Gasteiger partial charge in [-0.2, -0.15) is 0 Å². The molecule has 1 atom stereocenters. The first kappa shape index (κ1) is 15.2. The molecule has 0 fully saturated rings. The third kappa shape index (κ3) is 5.65. The molecule has 0 spiro atoms. The molecule has 1 N–H and O–H groups in total. The average Bonchev–Trinajstić information content (AvgIpc) is 2.24. The van der Waals surface area contributed by atoms with E-state index in [1.165, 1.54) is 0 Å². The molecule has 0 saturated carbocycles. The maximum absolute atomic E-state index is 11.5. The van der Waals surface area contributed by atoms with Crippen molar-refractivity contribution < 1.29 is 14.6 Å². The summed E-state index contributed by atoms with van der Waals surface area (Å²) in [6.07, 6.45) is -0.0453. The van der Waals surface area contributed by atoms with Gasteiger partial charge < -0.3 is 9.84 Å². The Bertz CT molecular complexity index is 392. The van der Waals surface area contributed by atoms with Crippen LogP contribution in [0.2, 0.25) is 0 Å². The zero-order valence-electron chi connectivity index (χ0n) is 10.9. The van der Waals surface area contributed by atoms with Crippen LogP contribution in [0.25, 0.3) is 0 Å². The Morgan fingerprint density at radius 1 is 1.33 bits per heavy atom. The van der Waals surface area contributed by atoms with E-state index in [9.17, 15) is 9.90 Å². The van der Waals surface area contributed by atoms with Gasteiger partial charge in [-0.1, -0.05) is 28.1 Å². The first-order valence-corrected chi connectivity index (χ1v) is 6.72. The fourth-order valence-corrected chi connectivity index (χ4v) is 1.76. The lowest BCUT2D eigenvalue weighted by atomic mass is 10.1. The van der Waals surface area contributed by atoms with Crippen LogP contribution in [-0.2, 0) is 9.53 Å². The average molecular weight is 315 g/mol. The lowest BCUT2D eigenvalue weighted by molar-refractivity contribution is -0.155. The number of ether oxygens (including phenoxy) is 1. The minimum absolute atomic E-state index is 0.217. The molecule has 3 nitrogen and oxygen atoms in total. The molecule has 0 radical (unpaired) electrons. The molecule has 0 aliphatic rings. The van der Waals surface area contributed by atoms with Crippen molar-refractivity contribution in [3.05, 3.63) is 34.3 Å². The van der Waals surface area contributed by atoms with Gasteiger partial charge in [-0.3, -0.25) is 4.79 Å². The molecule has 100 valence electrons. The zero-order chi connectivity index (χ0) is 13.8. The highest BCUT2D eigenvalue weighted by Crippen LogP contribution is 2.21. The Morgan fingerprint density at radius 2 is 1.89 bits per heavy atom. The quantitative estimate of drug-likeness (QED) is 0.864. The Hall–Kier alpha value is -0.870. The van der Waals surface area contributed by atoms with Crippen LogP contribution in [-0.4, -0.2) is 16.7 Å². The summed E-state index contributed by atoms with van der Waals surface area (Å²) < 4.78 is 6.15. The van der Waals surface area contributed by atoms with Gasteiger partial charge in [-0.25, -0.2) is 0 Å². The Morgan fingerprint density at radius 3 is 2.39 bits per heavy atom. The standard InChI is InChI=1S/C14H19BrO3/c1-14(2,3)18-13(17)9-8-12(16)10-4-6-11(15)7-5-10/h4-7,12,16H,8-9H2,1-3H3/t12-/m0/s1. The number of aliphatic hydroxyl groups excluding tert-OH is 1. The first-order chi connectivity index (χ1) is 8.28. The summed E-state index contributed by atoms with van der Waals surface area (Å²) in [5.74, 6) is -0.279. The molecule has 0 aromatic heterocycles. The van der Waals surface area contributed by atoms with Gasteiger partial charge in [0, 0.05) is 10.9 Å². The SMILES string of the molecule is CC(C)(C)OC(=O)CC[C@H](O)c1ccc(Br)cc1. The van der Waals surface area contributed by atoms with E-state index in [4.69, 9.17) is 4.74 Å². The van der Waals surface area contributed by atoms with Crippen molar-refractivity contribution in [1.82, 2.24) is 0 Å². The van der Waals surface area contributed by atoms with Crippen LogP contribution >= 0.6 is 15.9 Å². The number of carbonyl (C=O) groups excluding carboxylic acids is 1. The molecule has 0 amide bonds. The van der Waals surface area contributed by atoms with Crippen LogP contribution < -0.4 is 0 Å². The second-order valence-electron chi connectivity index (χ2n) is 5.19. The van der Waals surface area contributed by atoms with Crippen molar-refractivity contribution in [2.24, 2.45) is 0 Å². The van der Waals surface area contributed by atoms with E-state index in [0.29, 0.717) is 6.42 Å². The van der Waals surface area contributed by atoms with Gasteiger partial charge in [0.05, 0.1) is 6.10 Å². The molecule has 0 unspecified atom stereocenters. The summed E-state index contributed by atoms with van der Waals surface area (Å²) in [7, 11) is 0. The Labute approximate surface area is 116 Å². The summed E-state index contributed by atoms with van der Waals surface area (Å²) in [6.45, 7) is 5.49. The molecule has 0 saturated heterocycles. The van der Waals surface area contributed by atoms with Crippen LogP contribution in [0.5, 0.6) is 0 Å². The van der Waals surface area contributed by atoms with Gasteiger partial charge in [-0.05, 0) is 44.9 Å². The fraction of sp³-hybridized carbons (Fsp3) is 0.500. The molecule has 1 aromatic rings. The molecule has 1 aromatic carbocycles. The van der Waals surface area contributed by atoms with Crippen LogP contribution in [0, 0.1) is 0 Å². The number of rotatable bonds is 4. The molecule has 4 heteroatoms. The van der Waals surface area contributed by atoms with E-state index in [-0.39, 0.29) is 12.4 Å². The van der Waals surface area contributed by atoms with Gasteiger partial charge in [0.1, 0.15) is 5.60 Å². The maximum Gasteiger partial charge on any atom is 0.306 e. The maximum atomic E-state index is 11.5. The van der Waals surface area contributed by atoms with Crippen LogP contribution in [0.3, 0.4) is 0 Å². The zero-order valence-corrected chi connectivity index (χ0v) is 12.5. The van der Waals surface area contributed by atoms with Crippen LogP contribution in [0.4, 0.5) is 0 Å². The molecule has 18 heavy (non-hydrogen) atoms. The number of aliphatic hydroxyl groups is 1. The number of hydrogen-bond donors (Lipinski definition) is 1. The minimum atomic E-state index is -0.634. The first-order valence-electron chi connectivity index (χ1n) is 5.93. The number of hydrogen-bond acceptors (Lipinski definition) is 3. The third-order valence-corrected chi connectivity index (χ3v) is 2.83. The minimum Gasteiger partial charge on any atom is -0.460 e. The molecular formula is C14H19BrO3. The van der Waals surface area contributed by atoms with Gasteiger partial charge in [-0.15, -0.1) is 0 Å². The van der Waals surface area contributed by atoms with Crippen LogP contribution in [0.15, 0.2) is 28.7 Å². The molecule has 0 aliphatic heterocycles. The van der Waals surface area contributed by atoms with E-state index in [1.54, 1.807) is 0 Å². The summed E-state index contributed by atoms with van der Waals surface area (Å²) in [5.41, 5.74) is 0.335. The van der Waals surface area contributed by atoms with Crippen LogP contribution in [0.1, 0.15) is 45.3 Å². The van der Waals surface area contributed by atoms with E-state index in [0.717, 1.165) is 10.0 Å². The topological polar surface area (TPSA) is 46.5 Å². The second-order valence-corrected chi connectivity index (χ2v) is 6.11. The van der Waals surface area contributed by atoms with Gasteiger partial charge >= 0.3 is 5.97 Å². The Kier molecular flexibility index (Phi) is 5.35. The van der Waals surface area contributed by atoms with Crippen molar-refractivity contribution >= 4 is 21.9 Å². The smallest absolute Gasteiger partial charge is 0.306 e. The van der Waals surface area contributed by atoms with Gasteiger partial charge in [0.2, 0.25) is 0 Å². The molecule has 0 aliphatic carbocycles. The Balaban J connectivity index is 2.44. The van der Waals surface area contributed by atoms with Crippen molar-refractivity contribution in [3.8, 4) is 0 Å². The van der Waals surface area contributed by atoms with Crippen molar-refractivity contribution in [1.29, 1.82) is 0 Å². The third-order valence-electron chi connectivity index (χ3n) is 2.30. The van der Waals surface area contributed by atoms with Crippen molar-refractivity contribution in [2.45, 2.75) is 45.3 Å². The lowest BCUT2D eigenvalue weighted by Gasteiger charge is -2.20. The van der Waals surface area contributed by atoms with E-state index >= 15 is 0 Å². The predicted octanol–water partition coefficient (Wildman–Crippen LogP) is 3.60. The lowest BCUT2D eigenvalue weighted by Crippen LogP contribution is -2.24.